The Morgan fingerprint density at radius 2 is 2.00 bits per heavy atom. The van der Waals surface area contributed by atoms with E-state index in [0.29, 0.717) is 0 Å². The molecule has 98 valence electrons. The van der Waals surface area contributed by atoms with Gasteiger partial charge in [0.25, 0.3) is 0 Å². The molecule has 0 aliphatic carbocycles. The van der Waals surface area contributed by atoms with Gasteiger partial charge in [0.1, 0.15) is 0 Å². The summed E-state index contributed by atoms with van der Waals surface area (Å²) in [4.78, 5) is 1.29. The van der Waals surface area contributed by atoms with Crippen LogP contribution in [0.4, 0.5) is 0 Å². The molecule has 1 aromatic heterocycles. The van der Waals surface area contributed by atoms with E-state index >= 15 is 0 Å². The van der Waals surface area contributed by atoms with E-state index in [9.17, 15) is 0 Å². The molecule has 1 atom stereocenters. The van der Waals surface area contributed by atoms with Crippen LogP contribution in [0.5, 0.6) is 0 Å². The Balaban J connectivity index is 2.38. The largest absolute Gasteiger partial charge is 0.271 e. The maximum Gasteiger partial charge on any atom is 0.0843 e. The van der Waals surface area contributed by atoms with Gasteiger partial charge in [-0.2, -0.15) is 0 Å². The normalized spacial score (nSPS) is 12.9. The molecule has 0 aliphatic rings. The lowest BCUT2D eigenvalue weighted by molar-refractivity contribution is 0.484. The topological polar surface area (TPSA) is 38.0 Å². The summed E-state index contributed by atoms with van der Waals surface area (Å²) >= 11 is 8.77. The van der Waals surface area contributed by atoms with Crippen LogP contribution >= 0.6 is 43.2 Å². The number of hydrazine groups is 1. The van der Waals surface area contributed by atoms with Crippen molar-refractivity contribution >= 4 is 43.2 Å². The lowest BCUT2D eigenvalue weighted by Crippen LogP contribution is -2.27. The van der Waals surface area contributed by atoms with E-state index in [1.807, 2.05) is 0 Å². The average molecular weight is 384 g/mol. The molecular formula is C12H20Br2N2S. The minimum absolute atomic E-state index is 0.282. The quantitative estimate of drug-likeness (QED) is 0.370. The fraction of sp³-hybridized carbons (Fsp3) is 0.667. The first-order valence-corrected chi connectivity index (χ1v) is 8.50. The SMILES string of the molecule is CCCCCCCC(NN)c1cc(Br)c(Br)s1. The van der Waals surface area contributed by atoms with E-state index in [-0.39, 0.29) is 6.04 Å². The molecule has 0 aromatic carbocycles. The van der Waals surface area contributed by atoms with Crippen LogP contribution in [0.15, 0.2) is 14.3 Å². The van der Waals surface area contributed by atoms with Crippen LogP contribution in [0.1, 0.15) is 56.4 Å². The highest BCUT2D eigenvalue weighted by Gasteiger charge is 2.13. The highest BCUT2D eigenvalue weighted by Crippen LogP contribution is 2.36. The van der Waals surface area contributed by atoms with Crippen molar-refractivity contribution in [1.29, 1.82) is 0 Å². The first kappa shape index (κ1) is 15.6. The zero-order valence-electron chi connectivity index (χ0n) is 10.1. The molecule has 0 fully saturated rings. The van der Waals surface area contributed by atoms with Crippen LogP contribution in [0, 0.1) is 0 Å². The van der Waals surface area contributed by atoms with Crippen molar-refractivity contribution in [2.45, 2.75) is 51.5 Å². The van der Waals surface area contributed by atoms with Gasteiger partial charge in [0.05, 0.1) is 9.83 Å². The summed E-state index contributed by atoms with van der Waals surface area (Å²) in [6.45, 7) is 2.24. The Kier molecular flexibility index (Phi) is 7.95. The van der Waals surface area contributed by atoms with Gasteiger partial charge in [-0.15, -0.1) is 11.3 Å². The van der Waals surface area contributed by atoms with Crippen molar-refractivity contribution in [3.8, 4) is 0 Å². The maximum absolute atomic E-state index is 5.63. The first-order chi connectivity index (χ1) is 8.19. The number of nitrogens with one attached hydrogen (secondary N) is 1. The van der Waals surface area contributed by atoms with Gasteiger partial charge in [-0.05, 0) is 44.3 Å². The molecular weight excluding hydrogens is 364 g/mol. The molecule has 0 radical (unpaired) electrons. The smallest absolute Gasteiger partial charge is 0.0843 e. The third-order valence-electron chi connectivity index (χ3n) is 2.81. The van der Waals surface area contributed by atoms with Crippen molar-refractivity contribution in [3.63, 3.8) is 0 Å². The predicted octanol–water partition coefficient (Wildman–Crippen LogP) is 5.14. The van der Waals surface area contributed by atoms with Crippen molar-refractivity contribution in [1.82, 2.24) is 5.43 Å². The molecule has 5 heteroatoms. The number of nitrogens with two attached hydrogens (primary N) is 1. The first-order valence-electron chi connectivity index (χ1n) is 6.09. The number of hydrogen-bond acceptors (Lipinski definition) is 3. The van der Waals surface area contributed by atoms with Crippen LogP contribution in [0.25, 0.3) is 0 Å². The van der Waals surface area contributed by atoms with Gasteiger partial charge < -0.3 is 0 Å². The fourth-order valence-corrected chi connectivity index (χ4v) is 3.98. The molecule has 0 saturated carbocycles. The lowest BCUT2D eigenvalue weighted by Gasteiger charge is -2.13. The summed E-state index contributed by atoms with van der Waals surface area (Å²) in [5.74, 6) is 5.63. The van der Waals surface area contributed by atoms with Crippen LogP contribution in [-0.2, 0) is 0 Å². The van der Waals surface area contributed by atoms with E-state index in [0.717, 1.165) is 14.7 Å². The standard InChI is InChI=1S/C12H20Br2N2S/c1-2-3-4-5-6-7-10(16-15)11-8-9(13)12(14)17-11/h8,10,16H,2-7,15H2,1H3. The third kappa shape index (κ3) is 5.39. The third-order valence-corrected chi connectivity index (χ3v) is 6.18. The summed E-state index contributed by atoms with van der Waals surface area (Å²) in [5, 5.41) is 0. The van der Waals surface area contributed by atoms with E-state index in [1.165, 1.54) is 37.0 Å². The van der Waals surface area contributed by atoms with Crippen LogP contribution in [0.2, 0.25) is 0 Å². The zero-order chi connectivity index (χ0) is 12.7. The van der Waals surface area contributed by atoms with Gasteiger partial charge in [-0.3, -0.25) is 11.3 Å². The second-order valence-electron chi connectivity index (χ2n) is 4.19. The van der Waals surface area contributed by atoms with Crippen molar-refractivity contribution in [2.24, 2.45) is 5.84 Å². The van der Waals surface area contributed by atoms with E-state index in [1.54, 1.807) is 11.3 Å². The molecule has 0 aliphatic heterocycles. The summed E-state index contributed by atoms with van der Waals surface area (Å²) in [5.41, 5.74) is 2.92. The average Bonchev–Trinajstić information content (AvgIpc) is 2.64. The maximum atomic E-state index is 5.63. The lowest BCUT2D eigenvalue weighted by atomic mass is 10.1. The number of thiophene rings is 1. The Hall–Kier alpha value is 0.580. The minimum atomic E-state index is 0.282. The molecule has 0 saturated heterocycles. The van der Waals surface area contributed by atoms with Crippen molar-refractivity contribution in [3.05, 3.63) is 19.2 Å². The van der Waals surface area contributed by atoms with Crippen LogP contribution in [-0.4, -0.2) is 0 Å². The Bertz CT molecular complexity index is 309. The van der Waals surface area contributed by atoms with Gasteiger partial charge in [0.2, 0.25) is 0 Å². The number of hydrogen-bond donors (Lipinski definition) is 2. The number of rotatable bonds is 8. The molecule has 17 heavy (non-hydrogen) atoms. The highest BCUT2D eigenvalue weighted by atomic mass is 79.9. The van der Waals surface area contributed by atoms with Gasteiger partial charge in [0, 0.05) is 9.35 Å². The van der Waals surface area contributed by atoms with Gasteiger partial charge in [0.15, 0.2) is 0 Å². The summed E-state index contributed by atoms with van der Waals surface area (Å²) < 4.78 is 2.25. The van der Waals surface area contributed by atoms with Crippen molar-refractivity contribution < 1.29 is 0 Å². The molecule has 1 aromatic rings. The van der Waals surface area contributed by atoms with Gasteiger partial charge in [-0.1, -0.05) is 39.0 Å². The molecule has 0 spiro atoms. The molecule has 0 amide bonds. The van der Waals surface area contributed by atoms with Gasteiger partial charge >= 0.3 is 0 Å². The molecule has 0 bridgehead atoms. The molecule has 2 nitrogen and oxygen atoms in total. The minimum Gasteiger partial charge on any atom is -0.271 e. The Morgan fingerprint density at radius 3 is 2.53 bits per heavy atom. The van der Waals surface area contributed by atoms with Crippen LogP contribution in [0.3, 0.4) is 0 Å². The summed E-state index contributed by atoms with van der Waals surface area (Å²) in [6.07, 6.45) is 7.63. The van der Waals surface area contributed by atoms with E-state index in [2.05, 4.69) is 50.3 Å². The van der Waals surface area contributed by atoms with E-state index < -0.39 is 0 Å². The van der Waals surface area contributed by atoms with Gasteiger partial charge in [-0.25, -0.2) is 0 Å². The van der Waals surface area contributed by atoms with E-state index in [4.69, 9.17) is 5.84 Å². The summed E-state index contributed by atoms with van der Waals surface area (Å²) in [6, 6.07) is 2.43. The molecule has 1 rings (SSSR count). The van der Waals surface area contributed by atoms with Crippen molar-refractivity contribution in [2.75, 3.05) is 0 Å². The fourth-order valence-electron chi connectivity index (χ4n) is 1.79. The second-order valence-corrected chi connectivity index (χ2v) is 7.45. The Morgan fingerprint density at radius 1 is 1.29 bits per heavy atom. The number of halogens is 2. The monoisotopic (exact) mass is 382 g/mol. The van der Waals surface area contributed by atoms with Crippen LogP contribution < -0.4 is 11.3 Å². The Labute approximate surface area is 125 Å². The highest BCUT2D eigenvalue weighted by molar-refractivity contribution is 9.13. The predicted molar refractivity (Wildman–Crippen MR) is 83.2 cm³/mol. The zero-order valence-corrected chi connectivity index (χ0v) is 14.1. The second kappa shape index (κ2) is 8.64. The molecule has 1 heterocycles. The molecule has 1 unspecified atom stereocenters. The summed E-state index contributed by atoms with van der Waals surface area (Å²) in [7, 11) is 0. The molecule has 3 N–H and O–H groups in total. The number of unbranched alkanes of at least 4 members (excludes halogenated alkanes) is 4.